The van der Waals surface area contributed by atoms with E-state index in [2.05, 4.69) is 93.8 Å². The summed E-state index contributed by atoms with van der Waals surface area (Å²) in [6, 6.07) is 41.8. The first-order valence-corrected chi connectivity index (χ1v) is 15.6. The second-order valence-corrected chi connectivity index (χ2v) is 12.0. The minimum Gasteiger partial charge on any atom is -0.255 e. The Hall–Kier alpha value is -5.85. The van der Waals surface area contributed by atoms with Crippen molar-refractivity contribution in [1.82, 2.24) is 24.9 Å². The minimum absolute atomic E-state index is 0.812. The van der Waals surface area contributed by atoms with Gasteiger partial charge in [0.25, 0.3) is 0 Å². The third-order valence-electron chi connectivity index (χ3n) is 8.21. The van der Waals surface area contributed by atoms with Gasteiger partial charge in [-0.25, -0.2) is 9.97 Å². The predicted octanol–water partition coefficient (Wildman–Crippen LogP) is 10.0. The highest BCUT2D eigenvalue weighted by Gasteiger charge is 2.16. The summed E-state index contributed by atoms with van der Waals surface area (Å²) in [5, 5.41) is 4.60. The molecule has 45 heavy (non-hydrogen) atoms. The highest BCUT2D eigenvalue weighted by molar-refractivity contribution is 7.26. The molecule has 0 unspecified atom stereocenters. The molecule has 0 radical (unpaired) electrons. The molecule has 5 nitrogen and oxygen atoms in total. The fourth-order valence-electron chi connectivity index (χ4n) is 6.09. The van der Waals surface area contributed by atoms with Crippen molar-refractivity contribution in [2.45, 2.75) is 0 Å². The lowest BCUT2D eigenvalue weighted by Crippen LogP contribution is -1.94. The molecule has 0 spiro atoms. The Morgan fingerprint density at radius 2 is 1.16 bits per heavy atom. The molecule has 9 rings (SSSR count). The fraction of sp³-hybridized carbons (Fsp3) is 0. The van der Waals surface area contributed by atoms with Crippen LogP contribution in [-0.4, -0.2) is 24.9 Å². The van der Waals surface area contributed by atoms with Crippen LogP contribution in [0.5, 0.6) is 0 Å². The van der Waals surface area contributed by atoms with Gasteiger partial charge in [-0.05, 0) is 77.9 Å². The van der Waals surface area contributed by atoms with Gasteiger partial charge >= 0.3 is 0 Å². The predicted molar refractivity (Wildman–Crippen MR) is 185 cm³/mol. The summed E-state index contributed by atoms with van der Waals surface area (Å²) in [7, 11) is 0. The normalized spacial score (nSPS) is 11.6. The maximum Gasteiger partial charge on any atom is 0.0972 e. The first-order valence-electron chi connectivity index (χ1n) is 14.7. The maximum atomic E-state index is 5.13. The zero-order valence-corrected chi connectivity index (χ0v) is 24.7. The lowest BCUT2D eigenvalue weighted by molar-refractivity contribution is 1.22. The number of hydrogen-bond acceptors (Lipinski definition) is 6. The summed E-state index contributed by atoms with van der Waals surface area (Å²) < 4.78 is 2.47. The Morgan fingerprint density at radius 3 is 1.91 bits per heavy atom. The van der Waals surface area contributed by atoms with Crippen LogP contribution in [0, 0.1) is 0 Å². The largest absolute Gasteiger partial charge is 0.255 e. The van der Waals surface area contributed by atoms with Gasteiger partial charge < -0.3 is 0 Å². The molecule has 0 aliphatic heterocycles. The zero-order chi connectivity index (χ0) is 29.7. The molecule has 6 aromatic heterocycles. The van der Waals surface area contributed by atoms with Crippen molar-refractivity contribution in [3.05, 3.63) is 140 Å². The Bertz CT molecular complexity index is 2480. The summed E-state index contributed by atoms with van der Waals surface area (Å²) in [6.45, 7) is 0. The molecule has 6 heterocycles. The van der Waals surface area contributed by atoms with E-state index in [4.69, 9.17) is 9.97 Å². The third-order valence-corrected chi connectivity index (χ3v) is 9.35. The molecule has 0 saturated carbocycles. The lowest BCUT2D eigenvalue weighted by Gasteiger charge is -2.11. The van der Waals surface area contributed by atoms with Crippen molar-refractivity contribution in [3.63, 3.8) is 0 Å². The monoisotopic (exact) mass is 593 g/mol. The molecule has 0 aliphatic carbocycles. The number of pyridine rings is 5. The van der Waals surface area contributed by atoms with Gasteiger partial charge in [0.1, 0.15) is 0 Å². The second-order valence-electron chi connectivity index (χ2n) is 11.0. The number of hydrogen-bond donors (Lipinski definition) is 0. The molecule has 0 fully saturated rings. The van der Waals surface area contributed by atoms with Crippen LogP contribution in [0.4, 0.5) is 0 Å². The first kappa shape index (κ1) is 25.6. The van der Waals surface area contributed by atoms with Gasteiger partial charge in [-0.1, -0.05) is 54.6 Å². The second kappa shape index (κ2) is 10.4. The van der Waals surface area contributed by atoms with Crippen molar-refractivity contribution < 1.29 is 0 Å². The Morgan fingerprint density at radius 1 is 0.422 bits per heavy atom. The number of benzene rings is 3. The minimum atomic E-state index is 0.812. The topological polar surface area (TPSA) is 64.5 Å². The van der Waals surface area contributed by atoms with Gasteiger partial charge in [-0.3, -0.25) is 15.0 Å². The molecular weight excluding hydrogens is 571 g/mol. The molecule has 9 aromatic rings. The van der Waals surface area contributed by atoms with Crippen molar-refractivity contribution >= 4 is 53.3 Å². The average Bonchev–Trinajstić information content (AvgIpc) is 3.50. The van der Waals surface area contributed by atoms with E-state index < -0.39 is 0 Å². The van der Waals surface area contributed by atoms with Crippen LogP contribution in [-0.2, 0) is 0 Å². The Labute approximate surface area is 262 Å². The van der Waals surface area contributed by atoms with E-state index in [0.29, 0.717) is 0 Å². The SMILES string of the molecule is c1ccc(-c2cc(-c3cccc4sc5ccc(-c6ccc7ccc8cccnc8c7n6)cc5c34)cc(-c3ccccn3)n2)nc1. The van der Waals surface area contributed by atoms with Gasteiger partial charge in [0, 0.05) is 55.1 Å². The summed E-state index contributed by atoms with van der Waals surface area (Å²) in [5.74, 6) is 0. The van der Waals surface area contributed by atoms with Crippen molar-refractivity contribution in [3.8, 4) is 45.2 Å². The molecule has 0 N–H and O–H groups in total. The van der Waals surface area contributed by atoms with Crippen LogP contribution in [0.2, 0.25) is 0 Å². The molecule has 0 saturated heterocycles. The quantitative estimate of drug-likeness (QED) is 0.190. The first-order chi connectivity index (χ1) is 22.3. The third kappa shape index (κ3) is 4.42. The van der Waals surface area contributed by atoms with Crippen LogP contribution < -0.4 is 0 Å². The molecule has 3 aromatic carbocycles. The number of thiophene rings is 1. The average molecular weight is 594 g/mol. The highest BCUT2D eigenvalue weighted by atomic mass is 32.1. The lowest BCUT2D eigenvalue weighted by atomic mass is 9.97. The highest BCUT2D eigenvalue weighted by Crippen LogP contribution is 2.42. The van der Waals surface area contributed by atoms with Crippen molar-refractivity contribution in [2.75, 3.05) is 0 Å². The van der Waals surface area contributed by atoms with Crippen LogP contribution in [0.25, 0.3) is 87.1 Å². The van der Waals surface area contributed by atoms with E-state index >= 15 is 0 Å². The molecular formula is C39H23N5S. The van der Waals surface area contributed by atoms with Crippen LogP contribution in [0.15, 0.2) is 140 Å². The zero-order valence-electron chi connectivity index (χ0n) is 23.9. The van der Waals surface area contributed by atoms with Gasteiger partial charge in [0.2, 0.25) is 0 Å². The Balaban J connectivity index is 1.26. The van der Waals surface area contributed by atoms with Crippen molar-refractivity contribution in [2.24, 2.45) is 0 Å². The molecule has 0 amide bonds. The standard InChI is InChI=1S/C39H23N5S/c1-3-18-40-31(9-1)33-22-27(23-34(43-33)32-10-2-4-19-41-32)28-8-5-11-36-37(28)29-21-26(15-17-35(29)45-36)30-16-14-25-13-12-24-7-6-20-42-38(24)39(25)44-30/h1-23H. The summed E-state index contributed by atoms with van der Waals surface area (Å²) in [4.78, 5) is 24.0. The number of aromatic nitrogens is 5. The number of nitrogens with zero attached hydrogens (tertiary/aromatic N) is 5. The van der Waals surface area contributed by atoms with Crippen molar-refractivity contribution in [1.29, 1.82) is 0 Å². The summed E-state index contributed by atoms with van der Waals surface area (Å²) in [5.41, 5.74) is 9.34. The molecule has 210 valence electrons. The van der Waals surface area contributed by atoms with Gasteiger partial charge in [-0.15, -0.1) is 11.3 Å². The van der Waals surface area contributed by atoms with E-state index in [-0.39, 0.29) is 0 Å². The van der Waals surface area contributed by atoms with E-state index in [1.807, 2.05) is 60.0 Å². The summed E-state index contributed by atoms with van der Waals surface area (Å²) >= 11 is 1.81. The van der Waals surface area contributed by atoms with Crippen LogP contribution in [0.3, 0.4) is 0 Å². The fourth-order valence-corrected chi connectivity index (χ4v) is 7.20. The molecule has 0 atom stereocenters. The maximum absolute atomic E-state index is 5.13. The van der Waals surface area contributed by atoms with E-state index in [1.54, 1.807) is 12.4 Å². The van der Waals surface area contributed by atoms with Gasteiger partial charge in [-0.2, -0.15) is 0 Å². The van der Waals surface area contributed by atoms with E-state index in [0.717, 1.165) is 67.0 Å². The summed E-state index contributed by atoms with van der Waals surface area (Å²) in [6.07, 6.45) is 5.44. The molecule has 0 aliphatic rings. The van der Waals surface area contributed by atoms with E-state index in [1.165, 1.54) is 20.2 Å². The Kier molecular flexibility index (Phi) is 5.92. The number of fused-ring (bicyclic) bond motifs is 6. The van der Waals surface area contributed by atoms with E-state index in [9.17, 15) is 0 Å². The van der Waals surface area contributed by atoms with Gasteiger partial charge in [0.05, 0.1) is 39.5 Å². The smallest absolute Gasteiger partial charge is 0.0972 e. The van der Waals surface area contributed by atoms with Gasteiger partial charge in [0.15, 0.2) is 0 Å². The number of rotatable bonds is 4. The van der Waals surface area contributed by atoms with Crippen LogP contribution in [0.1, 0.15) is 0 Å². The molecule has 0 bridgehead atoms. The molecule has 6 heteroatoms. The van der Waals surface area contributed by atoms with Crippen LogP contribution >= 0.6 is 11.3 Å².